The van der Waals surface area contributed by atoms with Gasteiger partial charge < -0.3 is 15.2 Å². The largest absolute Gasteiger partial charge is 0.349 e. The lowest BCUT2D eigenvalue weighted by atomic mass is 10.0. The summed E-state index contributed by atoms with van der Waals surface area (Å²) in [4.78, 5) is 34.8. The number of hydrogen-bond donors (Lipinski definition) is 2. The summed E-state index contributed by atoms with van der Waals surface area (Å²) in [6.07, 6.45) is 0. The number of Topliss-reactive ketones (excluding diaryl/α,β-unsaturated/α-hetero) is 1. The van der Waals surface area contributed by atoms with Gasteiger partial charge >= 0.3 is 10.2 Å². The molecule has 0 radical (unpaired) electrons. The fourth-order valence-electron chi connectivity index (χ4n) is 2.99. The lowest BCUT2D eigenvalue weighted by Crippen LogP contribution is -2.31. The third-order valence-electron chi connectivity index (χ3n) is 4.45. The summed E-state index contributed by atoms with van der Waals surface area (Å²) >= 11 is 0. The fourth-order valence-corrected chi connectivity index (χ4v) is 3.68. The zero-order chi connectivity index (χ0) is 23.1. The topological polar surface area (TPSA) is 80.2 Å². The molecule has 2 amide bonds. The van der Waals surface area contributed by atoms with E-state index in [0.29, 0.717) is 0 Å². The Hall–Kier alpha value is -2.89. The van der Waals surface area contributed by atoms with E-state index in [2.05, 4.69) is 10.6 Å². The molecule has 30 heavy (non-hydrogen) atoms. The number of nitrogens with one attached hydrogen (secondary N) is 2. The molecule has 0 saturated heterocycles. The van der Waals surface area contributed by atoms with Crippen LogP contribution in [0.25, 0.3) is 0 Å². The predicted molar refractivity (Wildman–Crippen MR) is 104 cm³/mol. The van der Waals surface area contributed by atoms with Crippen LogP contribution >= 0.6 is 10.2 Å². The molecule has 0 spiro atoms. The van der Waals surface area contributed by atoms with Gasteiger partial charge in [0.15, 0.2) is 0 Å². The number of anilines is 1. The maximum absolute atomic E-state index is 13.0. The molecule has 1 heterocycles. The zero-order valence-corrected chi connectivity index (χ0v) is 17.3. The van der Waals surface area contributed by atoms with E-state index in [9.17, 15) is 33.8 Å². The molecular weight excluding hydrogens is 433 g/mol. The highest BCUT2D eigenvalue weighted by molar-refractivity contribution is 8.45. The van der Waals surface area contributed by atoms with Crippen LogP contribution in [0, 0.1) is 13.8 Å². The number of likely N-dealkylation sites (N-methyl/N-ethyl adjacent to an activating group) is 1. The third-order valence-corrected chi connectivity index (χ3v) is 5.60. The molecule has 0 saturated carbocycles. The molecule has 1 aromatic heterocycles. The second-order valence-corrected chi connectivity index (χ2v) is 9.04. The Labute approximate surface area is 169 Å². The molecule has 2 rings (SSSR count). The maximum atomic E-state index is 13.0. The van der Waals surface area contributed by atoms with E-state index >= 15 is 0 Å². The van der Waals surface area contributed by atoms with Gasteiger partial charge in [0.25, 0.3) is 17.6 Å². The van der Waals surface area contributed by atoms with Crippen LogP contribution in [0.5, 0.6) is 0 Å². The number of aromatic nitrogens is 1. The Morgan fingerprint density at radius 2 is 1.67 bits per heavy atom. The fraction of sp³-hybridized carbons (Fsp3) is 0.278. The summed E-state index contributed by atoms with van der Waals surface area (Å²) in [5.74, 6) is -2.67. The lowest BCUT2D eigenvalue weighted by Gasteiger charge is -2.40. The van der Waals surface area contributed by atoms with Crippen LogP contribution in [-0.4, -0.2) is 28.7 Å². The van der Waals surface area contributed by atoms with Gasteiger partial charge in [0, 0.05) is 25.0 Å². The average Bonchev–Trinajstić information content (AvgIpc) is 2.82. The number of ketones is 1. The SMILES string of the molecule is CCNC(=O)C(=O)c1c(C)c(C(=O)Nc2cccc(S(F)(F)(F)(F)F)c2)n(C)c1C. The minimum atomic E-state index is -9.92. The van der Waals surface area contributed by atoms with E-state index in [-0.39, 0.29) is 41.2 Å². The van der Waals surface area contributed by atoms with Crippen molar-refractivity contribution in [2.45, 2.75) is 25.7 Å². The van der Waals surface area contributed by atoms with E-state index in [1.54, 1.807) is 6.92 Å². The van der Waals surface area contributed by atoms with Crippen LogP contribution in [0.2, 0.25) is 0 Å². The van der Waals surface area contributed by atoms with Crippen molar-refractivity contribution in [2.75, 3.05) is 11.9 Å². The molecule has 2 N–H and O–H groups in total. The van der Waals surface area contributed by atoms with E-state index < -0.39 is 38.4 Å². The van der Waals surface area contributed by atoms with Gasteiger partial charge in [0.1, 0.15) is 10.6 Å². The van der Waals surface area contributed by atoms with Crippen LogP contribution in [0.4, 0.5) is 25.1 Å². The number of hydrogen-bond acceptors (Lipinski definition) is 3. The number of benzene rings is 1. The van der Waals surface area contributed by atoms with Gasteiger partial charge in [-0.3, -0.25) is 14.4 Å². The zero-order valence-electron chi connectivity index (χ0n) is 16.5. The summed E-state index contributed by atoms with van der Waals surface area (Å²) in [6.45, 7) is 4.73. The molecular formula is C18H20F5N3O3S. The van der Waals surface area contributed by atoms with Gasteiger partial charge in [-0.15, -0.1) is 0 Å². The summed E-state index contributed by atoms with van der Waals surface area (Å²) in [6, 6.07) is 2.14. The molecule has 1 aromatic carbocycles. The van der Waals surface area contributed by atoms with Gasteiger partial charge in [-0.2, -0.15) is 0 Å². The first-order chi connectivity index (χ1) is 13.5. The first kappa shape index (κ1) is 23.4. The van der Waals surface area contributed by atoms with Crippen LogP contribution in [0.3, 0.4) is 0 Å². The molecule has 2 aromatic rings. The quantitative estimate of drug-likeness (QED) is 0.372. The molecule has 0 aliphatic carbocycles. The number of halogens is 5. The minimum Gasteiger partial charge on any atom is -0.349 e. The first-order valence-electron chi connectivity index (χ1n) is 8.61. The van der Waals surface area contributed by atoms with E-state index in [1.807, 2.05) is 0 Å². The monoisotopic (exact) mass is 453 g/mol. The summed E-state index contributed by atoms with van der Waals surface area (Å²) in [7, 11) is -8.49. The standard InChI is InChI=1S/C18H20F5N3O3S/c1-5-24-18(29)16(27)14-10(2)15(26(4)11(14)3)17(28)25-12-7-6-8-13(9-12)30(19,20,21,22)23/h6-9H,5H2,1-4H3,(H,24,29)(H,25,28). The van der Waals surface area contributed by atoms with Crippen molar-refractivity contribution in [3.63, 3.8) is 0 Å². The Morgan fingerprint density at radius 3 is 2.20 bits per heavy atom. The molecule has 0 atom stereocenters. The van der Waals surface area contributed by atoms with E-state index in [4.69, 9.17) is 0 Å². The minimum absolute atomic E-state index is 0.0191. The van der Waals surface area contributed by atoms with E-state index in [0.717, 1.165) is 12.1 Å². The van der Waals surface area contributed by atoms with Crippen LogP contribution < -0.4 is 10.6 Å². The van der Waals surface area contributed by atoms with Gasteiger partial charge in [0.2, 0.25) is 0 Å². The summed E-state index contributed by atoms with van der Waals surface area (Å²) in [5.41, 5.74) is -0.199. The second kappa shape index (κ2) is 6.83. The summed E-state index contributed by atoms with van der Waals surface area (Å²) < 4.78 is 66.3. The molecule has 6 nitrogen and oxygen atoms in total. The maximum Gasteiger partial charge on any atom is 0.310 e. The van der Waals surface area contributed by atoms with Gasteiger partial charge in [0.05, 0.1) is 5.56 Å². The number of amides is 2. The smallest absolute Gasteiger partial charge is 0.310 e. The molecule has 12 heteroatoms. The Morgan fingerprint density at radius 1 is 1.07 bits per heavy atom. The van der Waals surface area contributed by atoms with Crippen LogP contribution in [0.1, 0.15) is 39.0 Å². The number of nitrogens with zero attached hydrogens (tertiary/aromatic N) is 1. The highest BCUT2D eigenvalue weighted by Crippen LogP contribution is 3.02. The van der Waals surface area contributed by atoms with Gasteiger partial charge in [-0.25, -0.2) is 0 Å². The van der Waals surface area contributed by atoms with Gasteiger partial charge in [-0.1, -0.05) is 25.5 Å². The van der Waals surface area contributed by atoms with Crippen molar-refractivity contribution in [1.29, 1.82) is 0 Å². The molecule has 0 bridgehead atoms. The normalized spacial score (nSPS) is 13.9. The highest BCUT2D eigenvalue weighted by atomic mass is 32.5. The van der Waals surface area contributed by atoms with E-state index in [1.165, 1.54) is 25.5 Å². The highest BCUT2D eigenvalue weighted by Gasteiger charge is 2.65. The molecule has 0 unspecified atom stereocenters. The van der Waals surface area contributed by atoms with Crippen LogP contribution in [0.15, 0.2) is 29.2 Å². The Balaban J connectivity index is 2.44. The predicted octanol–water partition coefficient (Wildman–Crippen LogP) is 4.87. The molecule has 166 valence electrons. The first-order valence-corrected chi connectivity index (χ1v) is 10.6. The Bertz CT molecular complexity index is 1060. The van der Waals surface area contributed by atoms with Crippen molar-refractivity contribution in [3.05, 3.63) is 46.8 Å². The van der Waals surface area contributed by atoms with Crippen LogP contribution in [-0.2, 0) is 11.8 Å². The van der Waals surface area contributed by atoms with Crippen molar-refractivity contribution < 1.29 is 33.8 Å². The lowest BCUT2D eigenvalue weighted by molar-refractivity contribution is -0.116. The summed E-state index contributed by atoms with van der Waals surface area (Å²) in [5, 5.41) is 4.49. The van der Waals surface area contributed by atoms with Crippen molar-refractivity contribution in [3.8, 4) is 0 Å². The average molecular weight is 453 g/mol. The second-order valence-electron chi connectivity index (χ2n) is 6.63. The number of carbonyl (C=O) groups excluding carboxylic acids is 3. The molecule has 0 fully saturated rings. The number of rotatable bonds is 6. The van der Waals surface area contributed by atoms with Gasteiger partial charge in [-0.05, 0) is 44.5 Å². The third kappa shape index (κ3) is 4.64. The van der Waals surface area contributed by atoms with Crippen molar-refractivity contribution in [2.24, 2.45) is 7.05 Å². The molecule has 0 aliphatic rings. The Kier molecular flexibility index (Phi) is 5.32. The van der Waals surface area contributed by atoms with Crippen molar-refractivity contribution >= 4 is 33.5 Å². The van der Waals surface area contributed by atoms with Crippen molar-refractivity contribution in [1.82, 2.24) is 9.88 Å². The molecule has 0 aliphatic heterocycles. The number of carbonyl (C=O) groups is 3.